The zero-order valence-corrected chi connectivity index (χ0v) is 20.1. The Morgan fingerprint density at radius 3 is 2.37 bits per heavy atom. The van der Waals surface area contributed by atoms with Gasteiger partial charge >= 0.3 is 0 Å². The number of nitrogens with one attached hydrogen (secondary N) is 1. The van der Waals surface area contributed by atoms with E-state index in [-0.39, 0.29) is 23.6 Å². The predicted molar refractivity (Wildman–Crippen MR) is 133 cm³/mol. The first kappa shape index (κ1) is 25.1. The molecular formula is C27H30N2O5S. The van der Waals surface area contributed by atoms with Gasteiger partial charge in [0, 0.05) is 12.3 Å². The van der Waals surface area contributed by atoms with E-state index in [0.717, 1.165) is 16.7 Å². The lowest BCUT2D eigenvalue weighted by molar-refractivity contribution is -0.127. The lowest BCUT2D eigenvalue weighted by atomic mass is 9.90. The topological polar surface area (TPSA) is 130 Å². The van der Waals surface area contributed by atoms with Crippen molar-refractivity contribution in [2.75, 3.05) is 0 Å². The molecule has 4 atom stereocenters. The maximum Gasteiger partial charge on any atom is 0.238 e. The third-order valence-electron chi connectivity index (χ3n) is 6.49. The van der Waals surface area contributed by atoms with Crippen LogP contribution in [0.15, 0.2) is 83.8 Å². The highest BCUT2D eigenvalue weighted by molar-refractivity contribution is 7.89. The van der Waals surface area contributed by atoms with Crippen LogP contribution in [-0.2, 0) is 34.1 Å². The number of carbonyl (C=O) groups is 1. The van der Waals surface area contributed by atoms with E-state index in [0.29, 0.717) is 18.4 Å². The number of hydrogen-bond acceptors (Lipinski definition) is 5. The number of carbonyl (C=O) groups excluding carboxylic acids is 1. The molecule has 5 N–H and O–H groups in total. The van der Waals surface area contributed by atoms with Gasteiger partial charge in [0.1, 0.15) is 0 Å². The van der Waals surface area contributed by atoms with Crippen LogP contribution in [0, 0.1) is 5.92 Å². The van der Waals surface area contributed by atoms with Gasteiger partial charge < -0.3 is 15.5 Å². The molecular weight excluding hydrogens is 464 g/mol. The van der Waals surface area contributed by atoms with E-state index in [1.54, 1.807) is 18.2 Å². The molecule has 0 unspecified atom stereocenters. The summed E-state index contributed by atoms with van der Waals surface area (Å²) in [6, 6.07) is 22.9. The van der Waals surface area contributed by atoms with Crippen molar-refractivity contribution in [1.29, 1.82) is 0 Å². The molecule has 0 spiro atoms. The Labute approximate surface area is 205 Å². The molecule has 0 aliphatic heterocycles. The fraction of sp³-hybridized carbons (Fsp3) is 0.296. The van der Waals surface area contributed by atoms with Gasteiger partial charge in [0.25, 0.3) is 0 Å². The highest BCUT2D eigenvalue weighted by Crippen LogP contribution is 2.32. The Morgan fingerprint density at radius 2 is 1.63 bits per heavy atom. The van der Waals surface area contributed by atoms with E-state index in [2.05, 4.69) is 5.32 Å². The summed E-state index contributed by atoms with van der Waals surface area (Å²) in [6.45, 7) is 0. The average Bonchev–Trinajstić information content (AvgIpc) is 3.14. The Morgan fingerprint density at radius 1 is 0.971 bits per heavy atom. The van der Waals surface area contributed by atoms with Crippen molar-refractivity contribution in [1.82, 2.24) is 5.32 Å². The van der Waals surface area contributed by atoms with Crippen molar-refractivity contribution < 1.29 is 23.4 Å². The number of nitrogens with two attached hydrogens (primary N) is 1. The van der Waals surface area contributed by atoms with Crippen molar-refractivity contribution >= 4 is 15.9 Å². The van der Waals surface area contributed by atoms with Crippen LogP contribution in [0.1, 0.15) is 34.7 Å². The van der Waals surface area contributed by atoms with Gasteiger partial charge in [-0.3, -0.25) is 4.79 Å². The Kier molecular flexibility index (Phi) is 7.66. The van der Waals surface area contributed by atoms with Gasteiger partial charge in [-0.15, -0.1) is 0 Å². The van der Waals surface area contributed by atoms with E-state index < -0.39 is 34.2 Å². The third-order valence-corrected chi connectivity index (χ3v) is 7.50. The Balaban J connectivity index is 1.53. The molecule has 1 aliphatic rings. The first-order valence-corrected chi connectivity index (χ1v) is 13.2. The van der Waals surface area contributed by atoms with Crippen molar-refractivity contribution in [3.8, 4) is 0 Å². The van der Waals surface area contributed by atoms with Gasteiger partial charge in [-0.05, 0) is 47.6 Å². The van der Waals surface area contributed by atoms with Crippen LogP contribution >= 0.6 is 0 Å². The number of benzene rings is 3. The predicted octanol–water partition coefficient (Wildman–Crippen LogP) is 2.26. The molecule has 0 radical (unpaired) electrons. The van der Waals surface area contributed by atoms with Crippen molar-refractivity contribution in [2.45, 2.75) is 48.8 Å². The summed E-state index contributed by atoms with van der Waals surface area (Å²) < 4.78 is 23.9. The normalized spacial score (nSPS) is 19.1. The molecule has 8 heteroatoms. The number of aliphatic hydroxyl groups excluding tert-OH is 2. The monoisotopic (exact) mass is 494 g/mol. The summed E-state index contributed by atoms with van der Waals surface area (Å²) in [7, 11) is -3.94. The molecule has 0 bridgehead atoms. The fourth-order valence-electron chi connectivity index (χ4n) is 4.82. The SMILES string of the molecule is NS(=O)(=O)c1ccccc1C[C@@H](O)C[C@@H](Cc1ccccc1)C(=O)N[C@H]1c2ccccc2C[C@H]1O. The number of fused-ring (bicyclic) bond motifs is 1. The quantitative estimate of drug-likeness (QED) is 0.363. The summed E-state index contributed by atoms with van der Waals surface area (Å²) in [5.74, 6) is -0.859. The van der Waals surface area contributed by atoms with Crippen LogP contribution in [0.2, 0.25) is 0 Å². The molecule has 184 valence electrons. The van der Waals surface area contributed by atoms with E-state index >= 15 is 0 Å². The Hall–Kier alpha value is -3.04. The molecule has 1 amide bonds. The van der Waals surface area contributed by atoms with Crippen LogP contribution in [-0.4, -0.2) is 36.7 Å². The van der Waals surface area contributed by atoms with E-state index in [1.165, 1.54) is 6.07 Å². The van der Waals surface area contributed by atoms with Crippen LogP contribution in [0.5, 0.6) is 0 Å². The molecule has 4 rings (SSSR count). The maximum absolute atomic E-state index is 13.4. The second kappa shape index (κ2) is 10.7. The molecule has 7 nitrogen and oxygen atoms in total. The standard InChI is InChI=1S/C27H30N2O5S/c28-35(33,34)25-13-7-5-11-20(25)15-22(30)16-21(14-18-8-2-1-3-9-18)27(32)29-26-23-12-6-4-10-19(23)17-24(26)31/h1-13,21-22,24,26,30-31H,14-17H2,(H,29,32)(H2,28,33,34)/t21-,22-,24-,26+/m1/s1. The summed E-state index contributed by atoms with van der Waals surface area (Å²) in [5.41, 5.74) is 3.25. The Bertz CT molecular complexity index is 1280. The molecule has 1 aliphatic carbocycles. The zero-order chi connectivity index (χ0) is 25.0. The number of hydrogen-bond donors (Lipinski definition) is 4. The zero-order valence-electron chi connectivity index (χ0n) is 19.2. The molecule has 0 saturated carbocycles. The van der Waals surface area contributed by atoms with E-state index in [1.807, 2.05) is 54.6 Å². The largest absolute Gasteiger partial charge is 0.393 e. The second-order valence-electron chi connectivity index (χ2n) is 9.09. The number of aliphatic hydroxyl groups is 2. The lowest BCUT2D eigenvalue weighted by Gasteiger charge is -2.24. The van der Waals surface area contributed by atoms with Gasteiger partial charge in [-0.25, -0.2) is 13.6 Å². The van der Waals surface area contributed by atoms with Crippen LogP contribution in [0.25, 0.3) is 0 Å². The van der Waals surface area contributed by atoms with Crippen LogP contribution in [0.3, 0.4) is 0 Å². The van der Waals surface area contributed by atoms with Crippen molar-refractivity contribution in [3.63, 3.8) is 0 Å². The van der Waals surface area contributed by atoms with Crippen molar-refractivity contribution in [3.05, 3.63) is 101 Å². The number of sulfonamides is 1. The molecule has 3 aromatic rings. The summed E-state index contributed by atoms with van der Waals surface area (Å²) in [6.07, 6.45) is -0.675. The minimum absolute atomic E-state index is 0.0335. The van der Waals surface area contributed by atoms with Crippen LogP contribution < -0.4 is 10.5 Å². The minimum atomic E-state index is -3.94. The number of primary sulfonamides is 1. The van der Waals surface area contributed by atoms with Crippen molar-refractivity contribution in [2.24, 2.45) is 11.1 Å². The molecule has 35 heavy (non-hydrogen) atoms. The molecule has 0 fully saturated rings. The highest BCUT2D eigenvalue weighted by Gasteiger charge is 2.34. The summed E-state index contributed by atoms with van der Waals surface area (Å²) in [5, 5.41) is 29.8. The van der Waals surface area contributed by atoms with Crippen LogP contribution in [0.4, 0.5) is 0 Å². The van der Waals surface area contributed by atoms with Gasteiger partial charge in [0.2, 0.25) is 15.9 Å². The molecule has 0 aromatic heterocycles. The molecule has 0 saturated heterocycles. The first-order chi connectivity index (χ1) is 16.7. The fourth-order valence-corrected chi connectivity index (χ4v) is 5.60. The smallest absolute Gasteiger partial charge is 0.238 e. The minimum Gasteiger partial charge on any atom is -0.393 e. The lowest BCUT2D eigenvalue weighted by Crippen LogP contribution is -2.39. The van der Waals surface area contributed by atoms with Gasteiger partial charge in [-0.1, -0.05) is 72.8 Å². The maximum atomic E-state index is 13.4. The third kappa shape index (κ3) is 6.15. The highest BCUT2D eigenvalue weighted by atomic mass is 32.2. The molecule has 3 aromatic carbocycles. The van der Waals surface area contributed by atoms with Gasteiger partial charge in [0.05, 0.1) is 23.1 Å². The summed E-state index contributed by atoms with van der Waals surface area (Å²) in [4.78, 5) is 13.4. The first-order valence-electron chi connectivity index (χ1n) is 11.6. The average molecular weight is 495 g/mol. The second-order valence-corrected chi connectivity index (χ2v) is 10.6. The van der Waals surface area contributed by atoms with E-state index in [9.17, 15) is 23.4 Å². The molecule has 0 heterocycles. The number of amides is 1. The van der Waals surface area contributed by atoms with Gasteiger partial charge in [0.15, 0.2) is 0 Å². The van der Waals surface area contributed by atoms with Gasteiger partial charge in [-0.2, -0.15) is 0 Å². The summed E-state index contributed by atoms with van der Waals surface area (Å²) >= 11 is 0. The number of rotatable bonds is 9. The van der Waals surface area contributed by atoms with E-state index in [4.69, 9.17) is 5.14 Å².